The Kier molecular flexibility index (Phi) is 2.93. The number of rotatable bonds is 3. The summed E-state index contributed by atoms with van der Waals surface area (Å²) < 4.78 is 34.5. The largest absolute Gasteiger partial charge is 0.586 e. The van der Waals surface area contributed by atoms with Crippen molar-refractivity contribution in [3.8, 4) is 11.5 Å². The van der Waals surface area contributed by atoms with Crippen molar-refractivity contribution in [3.05, 3.63) is 47.8 Å². The maximum atomic E-state index is 12.9. The van der Waals surface area contributed by atoms with E-state index in [4.69, 9.17) is 0 Å². The molecular formula is C14H12F2N2O2. The first-order valence-electron chi connectivity index (χ1n) is 6.07. The highest BCUT2D eigenvalue weighted by molar-refractivity contribution is 5.56. The quantitative estimate of drug-likeness (QED) is 0.935. The number of hydrogen-bond donors (Lipinski definition) is 1. The van der Waals surface area contributed by atoms with E-state index in [2.05, 4.69) is 19.8 Å². The van der Waals surface area contributed by atoms with Crippen LogP contribution in [0.25, 0.3) is 0 Å². The van der Waals surface area contributed by atoms with Crippen molar-refractivity contribution in [1.29, 1.82) is 0 Å². The lowest BCUT2D eigenvalue weighted by molar-refractivity contribution is -0.286. The summed E-state index contributed by atoms with van der Waals surface area (Å²) in [5.74, 6) is 0.0704. The molecule has 104 valence electrons. The fourth-order valence-electron chi connectivity index (χ4n) is 1.94. The van der Waals surface area contributed by atoms with Crippen molar-refractivity contribution in [2.45, 2.75) is 19.8 Å². The van der Waals surface area contributed by atoms with E-state index in [9.17, 15) is 8.78 Å². The topological polar surface area (TPSA) is 43.4 Å². The molecule has 3 rings (SSSR count). The van der Waals surface area contributed by atoms with E-state index in [-0.39, 0.29) is 11.5 Å². The zero-order valence-electron chi connectivity index (χ0n) is 10.7. The van der Waals surface area contributed by atoms with Crippen LogP contribution < -0.4 is 14.8 Å². The van der Waals surface area contributed by atoms with Gasteiger partial charge in [0.2, 0.25) is 0 Å². The van der Waals surface area contributed by atoms with Crippen LogP contribution in [0.2, 0.25) is 0 Å². The molecule has 1 aromatic heterocycles. The molecule has 0 saturated carbocycles. The third-order valence-corrected chi connectivity index (χ3v) is 3.03. The van der Waals surface area contributed by atoms with Crippen LogP contribution in [0, 0.1) is 6.92 Å². The average molecular weight is 278 g/mol. The van der Waals surface area contributed by atoms with E-state index in [1.165, 1.54) is 12.1 Å². The van der Waals surface area contributed by atoms with Gasteiger partial charge in [0.1, 0.15) is 0 Å². The molecule has 0 radical (unpaired) electrons. The maximum absolute atomic E-state index is 12.9. The molecule has 0 fully saturated rings. The maximum Gasteiger partial charge on any atom is 0.586 e. The summed E-state index contributed by atoms with van der Waals surface area (Å²) in [6.45, 7) is 2.54. The van der Waals surface area contributed by atoms with E-state index < -0.39 is 6.29 Å². The van der Waals surface area contributed by atoms with E-state index in [0.717, 1.165) is 11.1 Å². The van der Waals surface area contributed by atoms with Crippen LogP contribution in [-0.4, -0.2) is 11.3 Å². The molecule has 0 spiro atoms. The van der Waals surface area contributed by atoms with Crippen LogP contribution in [0.5, 0.6) is 11.5 Å². The summed E-state index contributed by atoms with van der Waals surface area (Å²) in [6, 6.07) is 6.52. The highest BCUT2D eigenvalue weighted by atomic mass is 19.3. The number of ether oxygens (including phenoxy) is 2. The zero-order chi connectivity index (χ0) is 14.2. The van der Waals surface area contributed by atoms with Crippen LogP contribution >= 0.6 is 0 Å². The lowest BCUT2D eigenvalue weighted by Crippen LogP contribution is -2.25. The molecule has 0 saturated heterocycles. The molecule has 4 nitrogen and oxygen atoms in total. The number of hydrogen-bond acceptors (Lipinski definition) is 4. The van der Waals surface area contributed by atoms with E-state index >= 15 is 0 Å². The molecule has 0 aliphatic carbocycles. The van der Waals surface area contributed by atoms with E-state index in [0.29, 0.717) is 12.2 Å². The second-order valence-corrected chi connectivity index (χ2v) is 4.48. The Balaban J connectivity index is 1.73. The monoisotopic (exact) mass is 278 g/mol. The highest BCUT2D eigenvalue weighted by Crippen LogP contribution is 2.42. The molecule has 2 heterocycles. The van der Waals surface area contributed by atoms with Gasteiger partial charge in [-0.15, -0.1) is 8.78 Å². The molecule has 1 aromatic carbocycles. The fraction of sp³-hybridized carbons (Fsp3) is 0.214. The number of halogens is 2. The predicted molar refractivity (Wildman–Crippen MR) is 68.9 cm³/mol. The number of alkyl halides is 2. The van der Waals surface area contributed by atoms with E-state index in [1.54, 1.807) is 18.5 Å². The van der Waals surface area contributed by atoms with E-state index in [1.807, 2.05) is 13.0 Å². The molecule has 0 bridgehead atoms. The third kappa shape index (κ3) is 2.49. The van der Waals surface area contributed by atoms with Gasteiger partial charge in [0.25, 0.3) is 0 Å². The lowest BCUT2D eigenvalue weighted by atomic mass is 10.1. The second-order valence-electron chi connectivity index (χ2n) is 4.48. The predicted octanol–water partition coefficient (Wildman–Crippen LogP) is 3.32. The Morgan fingerprint density at radius 3 is 2.80 bits per heavy atom. The van der Waals surface area contributed by atoms with Crippen molar-refractivity contribution in [2.75, 3.05) is 5.32 Å². The number of fused-ring (bicyclic) bond motifs is 1. The molecule has 1 aliphatic heterocycles. The minimum Gasteiger partial charge on any atom is -0.395 e. The summed E-state index contributed by atoms with van der Waals surface area (Å²) in [7, 11) is 0. The molecule has 0 atom stereocenters. The Morgan fingerprint density at radius 1 is 1.20 bits per heavy atom. The minimum atomic E-state index is -3.58. The lowest BCUT2D eigenvalue weighted by Gasteiger charge is -2.08. The number of benzene rings is 1. The minimum absolute atomic E-state index is 0.0305. The molecule has 0 unspecified atom stereocenters. The Labute approximate surface area is 114 Å². The van der Waals surface area contributed by atoms with Gasteiger partial charge >= 0.3 is 6.29 Å². The van der Waals surface area contributed by atoms with Crippen molar-refractivity contribution >= 4 is 5.69 Å². The number of pyridine rings is 1. The number of aromatic nitrogens is 1. The van der Waals surface area contributed by atoms with Crippen molar-refractivity contribution in [2.24, 2.45) is 0 Å². The third-order valence-electron chi connectivity index (χ3n) is 3.03. The van der Waals surface area contributed by atoms with Crippen LogP contribution in [0.15, 0.2) is 36.7 Å². The smallest absolute Gasteiger partial charge is 0.395 e. The second kappa shape index (κ2) is 4.63. The highest BCUT2D eigenvalue weighted by Gasteiger charge is 2.43. The Morgan fingerprint density at radius 2 is 2.00 bits per heavy atom. The van der Waals surface area contributed by atoms with Crippen LogP contribution in [0.4, 0.5) is 14.5 Å². The first-order chi connectivity index (χ1) is 9.53. The number of anilines is 1. The first kappa shape index (κ1) is 12.7. The Bertz CT molecular complexity index is 647. The van der Waals surface area contributed by atoms with Crippen molar-refractivity contribution in [3.63, 3.8) is 0 Å². The summed E-state index contributed by atoms with van der Waals surface area (Å²) in [5, 5.41) is 3.14. The normalized spacial score (nSPS) is 15.2. The van der Waals surface area contributed by atoms with Crippen LogP contribution in [0.1, 0.15) is 11.1 Å². The average Bonchev–Trinajstić information content (AvgIpc) is 2.71. The van der Waals surface area contributed by atoms with Gasteiger partial charge in [-0.1, -0.05) is 0 Å². The van der Waals surface area contributed by atoms with Crippen molar-refractivity contribution < 1.29 is 18.3 Å². The zero-order valence-corrected chi connectivity index (χ0v) is 10.7. The van der Waals surface area contributed by atoms with Gasteiger partial charge in [-0.25, -0.2) is 0 Å². The van der Waals surface area contributed by atoms with Gasteiger partial charge in [0, 0.05) is 30.7 Å². The SMILES string of the molecule is Cc1ccncc1CNc1ccc2c(c1)OC(F)(F)O2. The standard InChI is InChI=1S/C14H12F2N2O2/c1-9-4-5-17-7-10(9)8-18-11-2-3-12-13(6-11)20-14(15,16)19-12/h2-7,18H,8H2,1H3. The molecule has 6 heteroatoms. The van der Waals surface area contributed by atoms with Crippen LogP contribution in [0.3, 0.4) is 0 Å². The first-order valence-corrected chi connectivity index (χ1v) is 6.07. The fourth-order valence-corrected chi connectivity index (χ4v) is 1.94. The molecule has 0 amide bonds. The molecule has 20 heavy (non-hydrogen) atoms. The van der Waals surface area contributed by atoms with Gasteiger partial charge in [0.05, 0.1) is 0 Å². The van der Waals surface area contributed by atoms with Gasteiger partial charge in [0.15, 0.2) is 11.5 Å². The summed E-state index contributed by atoms with van der Waals surface area (Å²) in [6.07, 6.45) is -0.0914. The van der Waals surface area contributed by atoms with Gasteiger partial charge < -0.3 is 14.8 Å². The number of nitrogens with zero attached hydrogens (tertiary/aromatic N) is 1. The van der Waals surface area contributed by atoms with Crippen molar-refractivity contribution in [1.82, 2.24) is 4.98 Å². The number of nitrogens with one attached hydrogen (secondary N) is 1. The van der Waals surface area contributed by atoms with Crippen LogP contribution in [-0.2, 0) is 6.54 Å². The molecule has 1 N–H and O–H groups in total. The number of aryl methyl sites for hydroxylation is 1. The summed E-state index contributed by atoms with van der Waals surface area (Å²) in [4.78, 5) is 4.05. The van der Waals surface area contributed by atoms with Gasteiger partial charge in [-0.2, -0.15) is 0 Å². The molecule has 1 aliphatic rings. The molecule has 2 aromatic rings. The summed E-state index contributed by atoms with van der Waals surface area (Å²) in [5.41, 5.74) is 2.82. The summed E-state index contributed by atoms with van der Waals surface area (Å²) >= 11 is 0. The Hall–Kier alpha value is -2.37. The van der Waals surface area contributed by atoms with Gasteiger partial charge in [-0.3, -0.25) is 4.98 Å². The van der Waals surface area contributed by atoms with Gasteiger partial charge in [-0.05, 0) is 36.2 Å². The molecular weight excluding hydrogens is 266 g/mol.